The van der Waals surface area contributed by atoms with Crippen LogP contribution in [-0.2, 0) is 4.79 Å². The third-order valence-corrected chi connectivity index (χ3v) is 3.46. The molecular weight excluding hydrogens is 192 g/mol. The van der Waals surface area contributed by atoms with Crippen molar-refractivity contribution in [3.63, 3.8) is 0 Å². The van der Waals surface area contributed by atoms with Crippen molar-refractivity contribution in [3.05, 3.63) is 0 Å². The van der Waals surface area contributed by atoms with E-state index in [9.17, 15) is 9.90 Å². The topological polar surface area (TPSA) is 61.4 Å². The van der Waals surface area contributed by atoms with Gasteiger partial charge in [0.05, 0.1) is 18.1 Å². The number of nitrogens with one attached hydrogen (secondary N) is 2. The largest absolute Gasteiger partial charge is 0.391 e. The van der Waals surface area contributed by atoms with Gasteiger partial charge in [-0.1, -0.05) is 19.3 Å². The lowest BCUT2D eigenvalue weighted by molar-refractivity contribution is -0.128. The van der Waals surface area contributed by atoms with Crippen molar-refractivity contribution in [1.82, 2.24) is 10.6 Å². The minimum atomic E-state index is -0.343. The van der Waals surface area contributed by atoms with Gasteiger partial charge in [0, 0.05) is 13.1 Å². The summed E-state index contributed by atoms with van der Waals surface area (Å²) in [6, 6.07) is -0.0133. The molecule has 0 aromatic heterocycles. The van der Waals surface area contributed by atoms with Crippen molar-refractivity contribution in [1.29, 1.82) is 0 Å². The monoisotopic (exact) mass is 212 g/mol. The van der Waals surface area contributed by atoms with E-state index in [0.717, 1.165) is 38.8 Å². The van der Waals surface area contributed by atoms with Crippen molar-refractivity contribution >= 4 is 5.91 Å². The molecule has 1 saturated heterocycles. The molecule has 4 nitrogen and oxygen atoms in total. The van der Waals surface area contributed by atoms with Gasteiger partial charge in [-0.25, -0.2) is 0 Å². The van der Waals surface area contributed by atoms with Crippen molar-refractivity contribution < 1.29 is 9.90 Å². The van der Waals surface area contributed by atoms with Crippen LogP contribution < -0.4 is 10.6 Å². The Bertz CT molecular complexity index is 229. The third kappa shape index (κ3) is 2.69. The van der Waals surface area contributed by atoms with Crippen molar-refractivity contribution in [2.24, 2.45) is 5.92 Å². The maximum absolute atomic E-state index is 11.7. The van der Waals surface area contributed by atoms with Gasteiger partial charge in [0.15, 0.2) is 0 Å². The van der Waals surface area contributed by atoms with E-state index in [-0.39, 0.29) is 24.0 Å². The molecule has 1 aliphatic heterocycles. The number of hydrogen-bond acceptors (Lipinski definition) is 3. The zero-order valence-corrected chi connectivity index (χ0v) is 9.04. The van der Waals surface area contributed by atoms with Gasteiger partial charge >= 0.3 is 0 Å². The summed E-state index contributed by atoms with van der Waals surface area (Å²) in [6.45, 7) is 1.57. The summed E-state index contributed by atoms with van der Waals surface area (Å²) >= 11 is 0. The summed E-state index contributed by atoms with van der Waals surface area (Å²) in [4.78, 5) is 11.7. The van der Waals surface area contributed by atoms with Gasteiger partial charge in [-0.05, 0) is 12.8 Å². The van der Waals surface area contributed by atoms with Gasteiger partial charge in [0.25, 0.3) is 0 Å². The van der Waals surface area contributed by atoms with Gasteiger partial charge in [-0.3, -0.25) is 4.79 Å². The predicted octanol–water partition coefficient (Wildman–Crippen LogP) is 0.0156. The van der Waals surface area contributed by atoms with E-state index in [1.165, 1.54) is 6.42 Å². The fourth-order valence-corrected chi connectivity index (χ4v) is 2.23. The first-order valence-corrected chi connectivity index (χ1v) is 5.96. The Hall–Kier alpha value is -0.610. The van der Waals surface area contributed by atoms with E-state index in [0.29, 0.717) is 0 Å². The van der Waals surface area contributed by atoms with Crippen LogP contribution >= 0.6 is 0 Å². The molecule has 4 heteroatoms. The lowest BCUT2D eigenvalue weighted by atomic mass is 10.00. The van der Waals surface area contributed by atoms with E-state index in [1.54, 1.807) is 0 Å². The molecule has 1 aliphatic carbocycles. The van der Waals surface area contributed by atoms with Crippen molar-refractivity contribution in [3.8, 4) is 0 Å². The molecule has 1 amide bonds. The Morgan fingerprint density at radius 2 is 1.93 bits per heavy atom. The lowest BCUT2D eigenvalue weighted by Gasteiger charge is -2.29. The second kappa shape index (κ2) is 4.94. The average Bonchev–Trinajstić information content (AvgIpc) is 2.29. The number of aliphatic hydroxyl groups excluding tert-OH is 1. The lowest BCUT2D eigenvalue weighted by Crippen LogP contribution is -2.54. The Labute approximate surface area is 90.4 Å². The second-order valence-corrected chi connectivity index (χ2v) is 4.68. The fraction of sp³-hybridized carbons (Fsp3) is 0.909. The normalized spacial score (nSPS) is 32.9. The summed E-state index contributed by atoms with van der Waals surface area (Å²) in [7, 11) is 0. The molecule has 3 N–H and O–H groups in total. The predicted molar refractivity (Wildman–Crippen MR) is 57.4 cm³/mol. The highest BCUT2D eigenvalue weighted by atomic mass is 16.3. The highest BCUT2D eigenvalue weighted by Crippen LogP contribution is 2.18. The summed E-state index contributed by atoms with van der Waals surface area (Å²) in [5, 5.41) is 15.9. The number of carbonyl (C=O) groups excluding carboxylic acids is 1. The van der Waals surface area contributed by atoms with E-state index in [4.69, 9.17) is 0 Å². The van der Waals surface area contributed by atoms with E-state index in [1.807, 2.05) is 0 Å². The van der Waals surface area contributed by atoms with Crippen LogP contribution in [0.1, 0.15) is 32.1 Å². The standard InChI is InChI=1S/C11H20N2O2/c14-10-5-3-1-2-4-9(10)13-11(15)8-6-12-7-8/h8-10,12,14H,1-7H2,(H,13,15). The zero-order valence-electron chi connectivity index (χ0n) is 9.04. The molecule has 1 heterocycles. The summed E-state index contributed by atoms with van der Waals surface area (Å²) < 4.78 is 0. The molecule has 0 aromatic carbocycles. The van der Waals surface area contributed by atoms with Gasteiger partial charge < -0.3 is 15.7 Å². The van der Waals surface area contributed by atoms with Crippen molar-refractivity contribution in [2.45, 2.75) is 44.2 Å². The number of carbonyl (C=O) groups is 1. The molecule has 2 rings (SSSR count). The Balaban J connectivity index is 1.82. The first-order valence-electron chi connectivity index (χ1n) is 5.96. The number of rotatable bonds is 2. The molecular formula is C11H20N2O2. The third-order valence-electron chi connectivity index (χ3n) is 3.46. The van der Waals surface area contributed by atoms with Crippen LogP contribution in [0.3, 0.4) is 0 Å². The molecule has 2 unspecified atom stereocenters. The molecule has 0 aromatic rings. The molecule has 86 valence electrons. The van der Waals surface area contributed by atoms with Crippen molar-refractivity contribution in [2.75, 3.05) is 13.1 Å². The number of aliphatic hydroxyl groups is 1. The number of amides is 1. The second-order valence-electron chi connectivity index (χ2n) is 4.68. The molecule has 1 saturated carbocycles. The molecule has 0 bridgehead atoms. The van der Waals surface area contributed by atoms with Crippen LogP contribution in [0.4, 0.5) is 0 Å². The summed E-state index contributed by atoms with van der Waals surface area (Å²) in [6.07, 6.45) is 4.78. The van der Waals surface area contributed by atoms with Crippen LogP contribution in [0.25, 0.3) is 0 Å². The minimum Gasteiger partial charge on any atom is -0.391 e. The Morgan fingerprint density at radius 3 is 2.60 bits per heavy atom. The van der Waals surface area contributed by atoms with Gasteiger partial charge in [0.1, 0.15) is 0 Å². The fourth-order valence-electron chi connectivity index (χ4n) is 2.23. The van der Waals surface area contributed by atoms with Crippen LogP contribution in [-0.4, -0.2) is 36.2 Å². The quantitative estimate of drug-likeness (QED) is 0.565. The van der Waals surface area contributed by atoms with E-state index < -0.39 is 0 Å². The highest BCUT2D eigenvalue weighted by molar-refractivity contribution is 5.80. The first kappa shape index (κ1) is 10.9. The summed E-state index contributed by atoms with van der Waals surface area (Å²) in [5.74, 6) is 0.236. The maximum Gasteiger partial charge on any atom is 0.225 e. The summed E-state index contributed by atoms with van der Waals surface area (Å²) in [5.41, 5.74) is 0. The number of hydrogen-bond donors (Lipinski definition) is 3. The van der Waals surface area contributed by atoms with Crippen LogP contribution in [0.5, 0.6) is 0 Å². The van der Waals surface area contributed by atoms with E-state index in [2.05, 4.69) is 10.6 Å². The molecule has 2 aliphatic rings. The SMILES string of the molecule is O=C(NC1CCCCCC1O)C1CNC1. The highest BCUT2D eigenvalue weighted by Gasteiger charge is 2.29. The Kier molecular flexibility index (Phi) is 3.59. The van der Waals surface area contributed by atoms with Crippen LogP contribution in [0.15, 0.2) is 0 Å². The Morgan fingerprint density at radius 1 is 1.20 bits per heavy atom. The molecule has 2 fully saturated rings. The zero-order chi connectivity index (χ0) is 10.7. The molecule has 0 radical (unpaired) electrons. The van der Waals surface area contributed by atoms with Gasteiger partial charge in [-0.15, -0.1) is 0 Å². The van der Waals surface area contributed by atoms with E-state index >= 15 is 0 Å². The van der Waals surface area contributed by atoms with Gasteiger partial charge in [-0.2, -0.15) is 0 Å². The molecule has 15 heavy (non-hydrogen) atoms. The maximum atomic E-state index is 11.7. The smallest absolute Gasteiger partial charge is 0.225 e. The average molecular weight is 212 g/mol. The van der Waals surface area contributed by atoms with Crippen LogP contribution in [0, 0.1) is 5.92 Å². The van der Waals surface area contributed by atoms with Crippen LogP contribution in [0.2, 0.25) is 0 Å². The first-order chi connectivity index (χ1) is 7.27. The molecule has 2 atom stereocenters. The van der Waals surface area contributed by atoms with Gasteiger partial charge in [0.2, 0.25) is 5.91 Å². The molecule has 0 spiro atoms. The minimum absolute atomic E-state index is 0.0133.